The summed E-state index contributed by atoms with van der Waals surface area (Å²) < 4.78 is 6.37. The molecule has 1 aliphatic carbocycles. The average molecular weight is 423 g/mol. The van der Waals surface area contributed by atoms with Crippen LogP contribution in [0.2, 0.25) is 5.02 Å². The number of nitrogens with zero attached hydrogens (tertiary/aromatic N) is 2. The summed E-state index contributed by atoms with van der Waals surface area (Å²) in [6.07, 6.45) is 0.868. The highest BCUT2D eigenvalue weighted by Crippen LogP contribution is 2.59. The Balaban J connectivity index is 1.59. The molecule has 0 bridgehead atoms. The third kappa shape index (κ3) is 2.99. The van der Waals surface area contributed by atoms with E-state index in [2.05, 4.69) is 52.8 Å². The van der Waals surface area contributed by atoms with Gasteiger partial charge in [-0.2, -0.15) is 5.26 Å². The van der Waals surface area contributed by atoms with E-state index < -0.39 is 0 Å². The minimum absolute atomic E-state index is 0.0498. The van der Waals surface area contributed by atoms with E-state index in [-0.39, 0.29) is 28.9 Å². The van der Waals surface area contributed by atoms with Crippen molar-refractivity contribution in [2.24, 2.45) is 10.8 Å². The van der Waals surface area contributed by atoms with Crippen LogP contribution in [0.5, 0.6) is 5.75 Å². The summed E-state index contributed by atoms with van der Waals surface area (Å²) in [5.41, 5.74) is 3.15. The lowest BCUT2D eigenvalue weighted by atomic mass is 9.49. The Kier molecular flexibility index (Phi) is 4.86. The Hall–Kier alpha value is -2.51. The van der Waals surface area contributed by atoms with Gasteiger partial charge in [-0.15, -0.1) is 0 Å². The Morgan fingerprint density at radius 3 is 2.47 bits per heavy atom. The molecule has 0 atom stereocenters. The molecular weight excluding hydrogens is 396 g/mol. The van der Waals surface area contributed by atoms with Crippen LogP contribution >= 0.6 is 11.6 Å². The summed E-state index contributed by atoms with van der Waals surface area (Å²) >= 11 is 6.19. The monoisotopic (exact) mass is 422 g/mol. The first-order valence-electron chi connectivity index (χ1n) is 10.4. The number of hydrogen-bond donors (Lipinski definition) is 0. The van der Waals surface area contributed by atoms with Crippen LogP contribution in [0.15, 0.2) is 36.4 Å². The molecule has 4 rings (SSSR count). The van der Waals surface area contributed by atoms with Crippen molar-refractivity contribution in [2.45, 2.75) is 59.7 Å². The topological polar surface area (TPSA) is 53.3 Å². The summed E-state index contributed by atoms with van der Waals surface area (Å²) in [5, 5.41) is 9.48. The van der Waals surface area contributed by atoms with Crippen molar-refractivity contribution in [1.29, 1.82) is 5.26 Å². The van der Waals surface area contributed by atoms with Gasteiger partial charge in [0.15, 0.2) is 0 Å². The number of ether oxygens (including phenoxy) is 1. The highest BCUT2D eigenvalue weighted by atomic mass is 35.5. The molecule has 5 heteroatoms. The molecule has 0 radical (unpaired) electrons. The van der Waals surface area contributed by atoms with E-state index in [9.17, 15) is 4.79 Å². The predicted molar refractivity (Wildman–Crippen MR) is 118 cm³/mol. The molecule has 0 aromatic heterocycles. The van der Waals surface area contributed by atoms with Gasteiger partial charge in [0.05, 0.1) is 10.6 Å². The fourth-order valence-corrected chi connectivity index (χ4v) is 6.05. The van der Waals surface area contributed by atoms with Gasteiger partial charge in [0.2, 0.25) is 0 Å². The van der Waals surface area contributed by atoms with Crippen LogP contribution in [0.3, 0.4) is 0 Å². The Morgan fingerprint density at radius 1 is 1.17 bits per heavy atom. The van der Waals surface area contributed by atoms with Crippen molar-refractivity contribution in [3.05, 3.63) is 63.7 Å². The third-order valence-electron chi connectivity index (χ3n) is 6.80. The lowest BCUT2D eigenvalue weighted by molar-refractivity contribution is -0.199. The fourth-order valence-electron chi connectivity index (χ4n) is 5.84. The zero-order valence-corrected chi connectivity index (χ0v) is 18.9. The maximum atomic E-state index is 13.2. The molecule has 0 saturated heterocycles. The van der Waals surface area contributed by atoms with E-state index in [1.165, 1.54) is 5.56 Å². The highest BCUT2D eigenvalue weighted by Gasteiger charge is 2.66. The van der Waals surface area contributed by atoms with Gasteiger partial charge in [0.1, 0.15) is 17.9 Å². The molecule has 1 aliphatic heterocycles. The van der Waals surface area contributed by atoms with Gasteiger partial charge in [0, 0.05) is 35.0 Å². The van der Waals surface area contributed by atoms with Gasteiger partial charge in [-0.1, -0.05) is 58.4 Å². The summed E-state index contributed by atoms with van der Waals surface area (Å²) in [6, 6.07) is 13.5. The molecule has 0 spiro atoms. The molecule has 156 valence electrons. The first kappa shape index (κ1) is 20.8. The Bertz CT molecular complexity index is 1050. The number of amides is 1. The summed E-state index contributed by atoms with van der Waals surface area (Å²) in [7, 11) is 0. The van der Waals surface area contributed by atoms with Gasteiger partial charge in [-0.05, 0) is 35.7 Å². The summed E-state index contributed by atoms with van der Waals surface area (Å²) in [4.78, 5) is 15.2. The molecule has 0 unspecified atom stereocenters. The molecule has 2 aromatic rings. The summed E-state index contributed by atoms with van der Waals surface area (Å²) in [5.74, 6) is 0.755. The first-order chi connectivity index (χ1) is 14.1. The van der Waals surface area contributed by atoms with Gasteiger partial charge in [-0.25, -0.2) is 0 Å². The van der Waals surface area contributed by atoms with Crippen molar-refractivity contribution in [2.75, 3.05) is 0 Å². The van der Waals surface area contributed by atoms with Crippen LogP contribution in [-0.2, 0) is 13.0 Å². The van der Waals surface area contributed by atoms with E-state index in [0.717, 1.165) is 17.5 Å². The second kappa shape index (κ2) is 7.03. The van der Waals surface area contributed by atoms with Gasteiger partial charge in [0.25, 0.3) is 5.91 Å². The lowest BCUT2D eigenvalue weighted by Gasteiger charge is -2.65. The number of nitriles is 1. The average Bonchev–Trinajstić information content (AvgIpc) is 3.00. The zero-order valence-electron chi connectivity index (χ0n) is 18.1. The van der Waals surface area contributed by atoms with E-state index in [1.807, 2.05) is 11.0 Å². The first-order valence-corrected chi connectivity index (χ1v) is 10.8. The standard InChI is InChI=1S/C25H27ClN2O2/c1-6-15-7-10-19-17(11-15)14-28(21(19)29)22-24(2,3)23(25(22,4)5)30-18-9-8-16(13-27)20(26)12-18/h7-12,22-23H,6,14H2,1-5H3/t22-,23-. The maximum absolute atomic E-state index is 13.2. The fraction of sp³-hybridized carbons (Fsp3) is 0.440. The zero-order chi connectivity index (χ0) is 21.8. The van der Waals surface area contributed by atoms with Gasteiger partial charge >= 0.3 is 0 Å². The van der Waals surface area contributed by atoms with Crippen molar-refractivity contribution in [3.8, 4) is 11.8 Å². The number of carbonyl (C=O) groups is 1. The molecule has 1 heterocycles. The SMILES string of the molecule is CCc1ccc2c(c1)CN([C@H]1C(C)(C)[C@H](Oc3ccc(C#N)c(Cl)c3)C1(C)C)C2=O. The molecule has 30 heavy (non-hydrogen) atoms. The molecule has 1 saturated carbocycles. The molecule has 4 nitrogen and oxygen atoms in total. The lowest BCUT2D eigenvalue weighted by Crippen LogP contribution is -2.74. The number of fused-ring (bicyclic) bond motifs is 1. The number of benzene rings is 2. The quantitative estimate of drug-likeness (QED) is 0.643. The second-order valence-electron chi connectivity index (χ2n) is 9.57. The van der Waals surface area contributed by atoms with Crippen LogP contribution in [0.25, 0.3) is 0 Å². The Morgan fingerprint density at radius 2 is 1.87 bits per heavy atom. The number of halogens is 1. The van der Waals surface area contributed by atoms with E-state index in [1.54, 1.807) is 18.2 Å². The van der Waals surface area contributed by atoms with Crippen molar-refractivity contribution < 1.29 is 9.53 Å². The minimum Gasteiger partial charge on any atom is -0.489 e. The number of aryl methyl sites for hydroxylation is 1. The number of hydrogen-bond acceptors (Lipinski definition) is 3. The molecule has 1 fully saturated rings. The summed E-state index contributed by atoms with van der Waals surface area (Å²) in [6.45, 7) is 11.4. The molecule has 1 amide bonds. The molecule has 2 aromatic carbocycles. The maximum Gasteiger partial charge on any atom is 0.254 e. The molecular formula is C25H27ClN2O2. The van der Waals surface area contributed by atoms with Crippen LogP contribution < -0.4 is 4.74 Å². The van der Waals surface area contributed by atoms with Crippen molar-refractivity contribution >= 4 is 17.5 Å². The van der Waals surface area contributed by atoms with Gasteiger partial charge in [-0.3, -0.25) is 4.79 Å². The van der Waals surface area contributed by atoms with Crippen LogP contribution in [-0.4, -0.2) is 23.0 Å². The largest absolute Gasteiger partial charge is 0.489 e. The smallest absolute Gasteiger partial charge is 0.254 e. The van der Waals surface area contributed by atoms with E-state index >= 15 is 0 Å². The van der Waals surface area contributed by atoms with Crippen LogP contribution in [0, 0.1) is 22.2 Å². The number of rotatable bonds is 4. The normalized spacial score (nSPS) is 23.5. The predicted octanol–water partition coefficient (Wildman–Crippen LogP) is 5.61. The van der Waals surface area contributed by atoms with Gasteiger partial charge < -0.3 is 9.64 Å². The Labute approximate surface area is 183 Å². The third-order valence-corrected chi connectivity index (χ3v) is 7.11. The minimum atomic E-state index is -0.241. The molecule has 0 N–H and O–H groups in total. The van der Waals surface area contributed by atoms with E-state index in [4.69, 9.17) is 21.6 Å². The van der Waals surface area contributed by atoms with Crippen LogP contribution in [0.4, 0.5) is 0 Å². The second-order valence-corrected chi connectivity index (χ2v) is 9.98. The van der Waals surface area contributed by atoms with Crippen LogP contribution in [0.1, 0.15) is 61.7 Å². The van der Waals surface area contributed by atoms with Crippen molar-refractivity contribution in [3.63, 3.8) is 0 Å². The van der Waals surface area contributed by atoms with E-state index in [0.29, 0.717) is 22.9 Å². The van der Waals surface area contributed by atoms with Crippen molar-refractivity contribution in [1.82, 2.24) is 4.90 Å². The molecule has 2 aliphatic rings. The number of carbonyl (C=O) groups excluding carboxylic acids is 1. The highest BCUT2D eigenvalue weighted by molar-refractivity contribution is 6.31.